The number of nitrogens with zero attached hydrogens (tertiary/aromatic N) is 2. The first-order valence-electron chi connectivity index (χ1n) is 10.8. The van der Waals surface area contributed by atoms with Crippen LogP contribution in [0.4, 0.5) is 17.1 Å². The number of nitrogens with one attached hydrogen (secondary N) is 1. The number of hydrogen-bond donors (Lipinski definition) is 1. The van der Waals surface area contributed by atoms with Gasteiger partial charge in [0.25, 0.3) is 5.91 Å². The Kier molecular flexibility index (Phi) is 5.53. The van der Waals surface area contributed by atoms with Crippen molar-refractivity contribution in [3.8, 4) is 5.75 Å². The Labute approximate surface area is 201 Å². The van der Waals surface area contributed by atoms with Crippen LogP contribution in [0.15, 0.2) is 72.8 Å². The zero-order chi connectivity index (χ0) is 23.9. The van der Waals surface area contributed by atoms with Crippen molar-refractivity contribution in [1.82, 2.24) is 0 Å². The second-order valence-electron chi connectivity index (χ2n) is 8.19. The molecule has 1 saturated heterocycles. The van der Waals surface area contributed by atoms with E-state index in [9.17, 15) is 14.4 Å². The lowest BCUT2D eigenvalue weighted by Crippen LogP contribution is -2.50. The third kappa shape index (κ3) is 3.51. The molecule has 0 saturated carbocycles. The minimum absolute atomic E-state index is 0.136. The van der Waals surface area contributed by atoms with Gasteiger partial charge in [0.2, 0.25) is 16.7 Å². The lowest BCUT2D eigenvalue weighted by Gasteiger charge is -2.33. The zero-order valence-electron chi connectivity index (χ0n) is 18.8. The van der Waals surface area contributed by atoms with E-state index in [0.717, 1.165) is 11.1 Å². The Balaban J connectivity index is 1.48. The normalized spacial score (nSPS) is 19.0. The van der Waals surface area contributed by atoms with Crippen LogP contribution in [0.5, 0.6) is 5.75 Å². The number of thioether (sulfide) groups is 1. The van der Waals surface area contributed by atoms with Crippen LogP contribution < -0.4 is 19.9 Å². The third-order valence-corrected chi connectivity index (χ3v) is 7.39. The summed E-state index contributed by atoms with van der Waals surface area (Å²) in [5.41, 5.74) is 3.62. The first-order valence-corrected chi connectivity index (χ1v) is 11.8. The van der Waals surface area contributed by atoms with Gasteiger partial charge in [0, 0.05) is 16.9 Å². The van der Waals surface area contributed by atoms with Crippen LogP contribution >= 0.6 is 11.8 Å². The minimum Gasteiger partial charge on any atom is -0.497 e. The van der Waals surface area contributed by atoms with E-state index in [1.807, 2.05) is 55.5 Å². The molecule has 2 heterocycles. The summed E-state index contributed by atoms with van der Waals surface area (Å²) in [4.78, 5) is 41.8. The molecule has 172 valence electrons. The molecule has 1 N–H and O–H groups in total. The predicted octanol–water partition coefficient (Wildman–Crippen LogP) is 3.92. The summed E-state index contributed by atoms with van der Waals surface area (Å²) < 4.78 is 5.15. The predicted molar refractivity (Wildman–Crippen MR) is 133 cm³/mol. The number of para-hydroxylation sites is 1. The molecule has 1 spiro atoms. The van der Waals surface area contributed by atoms with E-state index in [4.69, 9.17) is 4.74 Å². The number of ether oxygens (including phenoxy) is 1. The van der Waals surface area contributed by atoms with Gasteiger partial charge in [-0.05, 0) is 55.0 Å². The van der Waals surface area contributed by atoms with Gasteiger partial charge in [0.05, 0.1) is 18.6 Å². The van der Waals surface area contributed by atoms with E-state index in [2.05, 4.69) is 5.32 Å². The standard InChI is InChI=1S/C26H23N3O4S/c1-17-6-5-7-19(14-17)29-24(31)16-34-26(29)21-8-3-4-9-22(21)28(25(26)32)15-23(30)27-18-10-12-20(33-2)13-11-18/h3-14H,15-16H2,1-2H3,(H,27,30)/t26-/m1/s1. The summed E-state index contributed by atoms with van der Waals surface area (Å²) >= 11 is 1.30. The molecule has 2 aliphatic rings. The maximum Gasteiger partial charge on any atom is 0.269 e. The van der Waals surface area contributed by atoms with E-state index < -0.39 is 4.87 Å². The highest BCUT2D eigenvalue weighted by Gasteiger charge is 2.61. The van der Waals surface area contributed by atoms with Gasteiger partial charge in [-0.15, -0.1) is 11.8 Å². The van der Waals surface area contributed by atoms with Gasteiger partial charge in [-0.2, -0.15) is 0 Å². The highest BCUT2D eigenvalue weighted by atomic mass is 32.2. The van der Waals surface area contributed by atoms with Crippen molar-refractivity contribution >= 4 is 46.5 Å². The highest BCUT2D eigenvalue weighted by molar-refractivity contribution is 8.02. The molecule has 0 aliphatic carbocycles. The Hall–Kier alpha value is -3.78. The smallest absolute Gasteiger partial charge is 0.269 e. The molecule has 3 aromatic carbocycles. The second kappa shape index (κ2) is 8.53. The Morgan fingerprint density at radius 3 is 2.56 bits per heavy atom. The molecule has 8 heteroatoms. The van der Waals surface area contributed by atoms with Crippen molar-refractivity contribution in [2.45, 2.75) is 11.8 Å². The number of fused-ring (bicyclic) bond motifs is 2. The van der Waals surface area contributed by atoms with Gasteiger partial charge in [-0.25, -0.2) is 0 Å². The quantitative estimate of drug-likeness (QED) is 0.608. The number of anilines is 3. The first kappa shape index (κ1) is 22.0. The molecule has 1 atom stereocenters. The lowest BCUT2D eigenvalue weighted by molar-refractivity contribution is -0.124. The molecule has 0 unspecified atom stereocenters. The number of benzene rings is 3. The fourth-order valence-electron chi connectivity index (χ4n) is 4.50. The average Bonchev–Trinajstić information content (AvgIpc) is 3.30. The van der Waals surface area contributed by atoms with Crippen LogP contribution in [0.2, 0.25) is 0 Å². The molecular weight excluding hydrogens is 450 g/mol. The van der Waals surface area contributed by atoms with E-state index in [1.165, 1.54) is 16.7 Å². The molecule has 1 fully saturated rings. The van der Waals surface area contributed by atoms with Crippen LogP contribution in [0, 0.1) is 6.92 Å². The molecule has 2 aliphatic heterocycles. The maximum atomic E-state index is 14.0. The summed E-state index contributed by atoms with van der Waals surface area (Å²) in [5, 5.41) is 2.83. The molecule has 0 radical (unpaired) electrons. The number of hydrogen-bond acceptors (Lipinski definition) is 5. The largest absolute Gasteiger partial charge is 0.497 e. The number of rotatable bonds is 5. The zero-order valence-corrected chi connectivity index (χ0v) is 19.6. The molecular formula is C26H23N3O4S. The summed E-state index contributed by atoms with van der Waals surface area (Å²) in [6, 6.07) is 21.9. The van der Waals surface area contributed by atoms with Crippen molar-refractivity contribution < 1.29 is 19.1 Å². The first-order chi connectivity index (χ1) is 16.4. The monoisotopic (exact) mass is 473 g/mol. The second-order valence-corrected chi connectivity index (χ2v) is 9.35. The Bertz CT molecular complexity index is 1290. The number of amides is 3. The van der Waals surface area contributed by atoms with E-state index in [-0.39, 0.29) is 30.0 Å². The number of aryl methyl sites for hydroxylation is 1. The lowest BCUT2D eigenvalue weighted by atomic mass is 10.0. The Morgan fingerprint density at radius 1 is 1.06 bits per heavy atom. The average molecular weight is 474 g/mol. The van der Waals surface area contributed by atoms with E-state index in [1.54, 1.807) is 36.3 Å². The van der Waals surface area contributed by atoms with Crippen molar-refractivity contribution in [2.24, 2.45) is 0 Å². The van der Waals surface area contributed by atoms with Crippen LogP contribution in [0.1, 0.15) is 11.1 Å². The topological polar surface area (TPSA) is 79.0 Å². The van der Waals surface area contributed by atoms with E-state index in [0.29, 0.717) is 22.8 Å². The van der Waals surface area contributed by atoms with E-state index >= 15 is 0 Å². The van der Waals surface area contributed by atoms with Gasteiger partial charge in [0.1, 0.15) is 12.3 Å². The number of carbonyl (C=O) groups excluding carboxylic acids is 3. The van der Waals surface area contributed by atoms with Gasteiger partial charge in [0.15, 0.2) is 0 Å². The molecule has 5 rings (SSSR count). The third-order valence-electron chi connectivity index (χ3n) is 6.00. The van der Waals surface area contributed by atoms with Crippen LogP contribution in [-0.2, 0) is 19.3 Å². The molecule has 34 heavy (non-hydrogen) atoms. The number of carbonyl (C=O) groups is 3. The van der Waals surface area contributed by atoms with Crippen LogP contribution in [0.25, 0.3) is 0 Å². The maximum absolute atomic E-state index is 14.0. The fraction of sp³-hybridized carbons (Fsp3) is 0.192. The van der Waals surface area contributed by atoms with Gasteiger partial charge < -0.3 is 10.1 Å². The van der Waals surface area contributed by atoms with Gasteiger partial charge in [-0.1, -0.05) is 30.3 Å². The molecule has 7 nitrogen and oxygen atoms in total. The number of methoxy groups -OCH3 is 1. The molecule has 3 amide bonds. The molecule has 0 aromatic heterocycles. The van der Waals surface area contributed by atoms with Crippen molar-refractivity contribution in [3.05, 3.63) is 83.9 Å². The Morgan fingerprint density at radius 2 is 1.82 bits per heavy atom. The summed E-state index contributed by atoms with van der Waals surface area (Å²) in [7, 11) is 1.58. The van der Waals surface area contributed by atoms with Crippen LogP contribution in [0.3, 0.4) is 0 Å². The van der Waals surface area contributed by atoms with Crippen molar-refractivity contribution in [1.29, 1.82) is 0 Å². The minimum atomic E-state index is -1.23. The summed E-state index contributed by atoms with van der Waals surface area (Å²) in [6.45, 7) is 1.78. The van der Waals surface area contributed by atoms with Gasteiger partial charge in [-0.3, -0.25) is 24.2 Å². The summed E-state index contributed by atoms with van der Waals surface area (Å²) in [6.07, 6.45) is 0. The fourth-order valence-corrected chi connectivity index (χ4v) is 5.86. The SMILES string of the molecule is COc1ccc(NC(=O)CN2C(=O)[C@]3(SCC(=O)N3c3cccc(C)c3)c3ccccc32)cc1. The van der Waals surface area contributed by atoms with Crippen LogP contribution in [-0.4, -0.2) is 37.1 Å². The highest BCUT2D eigenvalue weighted by Crippen LogP contribution is 2.55. The molecule has 3 aromatic rings. The molecule has 0 bridgehead atoms. The summed E-state index contributed by atoms with van der Waals surface area (Å²) in [5.74, 6) is 0.101. The van der Waals surface area contributed by atoms with Gasteiger partial charge >= 0.3 is 0 Å². The van der Waals surface area contributed by atoms with Crippen molar-refractivity contribution in [3.63, 3.8) is 0 Å². The van der Waals surface area contributed by atoms with Crippen molar-refractivity contribution in [2.75, 3.05) is 34.5 Å².